The van der Waals surface area contributed by atoms with Gasteiger partial charge in [-0.25, -0.2) is 4.98 Å². The SMILES string of the molecule is c1ccc(CNc2nc(-c3ccc(Oc4ccccc4)cc3)cs2)cc1. The number of benzene rings is 3. The van der Waals surface area contributed by atoms with Gasteiger partial charge in [-0.05, 0) is 42.0 Å². The maximum Gasteiger partial charge on any atom is 0.183 e. The second-order valence-electron chi connectivity index (χ2n) is 5.82. The van der Waals surface area contributed by atoms with Crippen LogP contribution in [0.1, 0.15) is 5.56 Å². The van der Waals surface area contributed by atoms with E-state index in [-0.39, 0.29) is 0 Å². The number of rotatable bonds is 6. The number of nitrogens with zero attached hydrogens (tertiary/aromatic N) is 1. The third-order valence-electron chi connectivity index (χ3n) is 3.92. The molecule has 26 heavy (non-hydrogen) atoms. The molecule has 0 bridgehead atoms. The van der Waals surface area contributed by atoms with Crippen LogP contribution in [0.15, 0.2) is 90.3 Å². The van der Waals surface area contributed by atoms with E-state index in [0.717, 1.165) is 34.4 Å². The first-order valence-electron chi connectivity index (χ1n) is 8.43. The van der Waals surface area contributed by atoms with Gasteiger partial charge in [-0.15, -0.1) is 11.3 Å². The second kappa shape index (κ2) is 7.85. The lowest BCUT2D eigenvalue weighted by Crippen LogP contribution is -1.98. The largest absolute Gasteiger partial charge is 0.457 e. The van der Waals surface area contributed by atoms with Gasteiger partial charge in [0, 0.05) is 17.5 Å². The van der Waals surface area contributed by atoms with Crippen LogP contribution in [0.25, 0.3) is 11.3 Å². The zero-order valence-corrected chi connectivity index (χ0v) is 14.9. The Labute approximate surface area is 156 Å². The van der Waals surface area contributed by atoms with Gasteiger partial charge >= 0.3 is 0 Å². The molecule has 4 rings (SSSR count). The van der Waals surface area contributed by atoms with E-state index in [4.69, 9.17) is 4.74 Å². The van der Waals surface area contributed by atoms with Crippen LogP contribution in [-0.4, -0.2) is 4.98 Å². The fourth-order valence-corrected chi connectivity index (χ4v) is 3.30. The van der Waals surface area contributed by atoms with E-state index >= 15 is 0 Å². The van der Waals surface area contributed by atoms with Crippen molar-refractivity contribution in [2.24, 2.45) is 0 Å². The van der Waals surface area contributed by atoms with E-state index in [9.17, 15) is 0 Å². The number of aromatic nitrogens is 1. The Kier molecular flexibility index (Phi) is 4.94. The van der Waals surface area contributed by atoms with Crippen molar-refractivity contribution in [3.63, 3.8) is 0 Å². The van der Waals surface area contributed by atoms with Crippen molar-refractivity contribution in [2.45, 2.75) is 6.54 Å². The Morgan fingerprint density at radius 2 is 1.42 bits per heavy atom. The van der Waals surface area contributed by atoms with Crippen molar-refractivity contribution in [3.05, 3.63) is 95.9 Å². The number of thiazole rings is 1. The lowest BCUT2D eigenvalue weighted by atomic mass is 10.2. The van der Waals surface area contributed by atoms with Gasteiger partial charge in [0.2, 0.25) is 0 Å². The molecule has 3 nitrogen and oxygen atoms in total. The van der Waals surface area contributed by atoms with Crippen LogP contribution in [-0.2, 0) is 6.54 Å². The first-order valence-corrected chi connectivity index (χ1v) is 9.31. The molecule has 1 N–H and O–H groups in total. The van der Waals surface area contributed by atoms with Crippen LogP contribution < -0.4 is 10.1 Å². The van der Waals surface area contributed by atoms with Crippen molar-refractivity contribution in [3.8, 4) is 22.8 Å². The second-order valence-corrected chi connectivity index (χ2v) is 6.67. The van der Waals surface area contributed by atoms with E-state index in [2.05, 4.69) is 27.8 Å². The van der Waals surface area contributed by atoms with Gasteiger partial charge in [0.1, 0.15) is 11.5 Å². The highest BCUT2D eigenvalue weighted by Gasteiger charge is 2.05. The highest BCUT2D eigenvalue weighted by Crippen LogP contribution is 2.28. The molecular formula is C22H18N2OS. The molecular weight excluding hydrogens is 340 g/mol. The molecule has 0 aliphatic carbocycles. The average molecular weight is 358 g/mol. The zero-order valence-electron chi connectivity index (χ0n) is 14.1. The maximum absolute atomic E-state index is 5.83. The predicted molar refractivity (Wildman–Crippen MR) is 108 cm³/mol. The fourth-order valence-electron chi connectivity index (χ4n) is 2.58. The summed E-state index contributed by atoms with van der Waals surface area (Å²) in [5.74, 6) is 1.65. The molecule has 0 aliphatic heterocycles. The molecule has 1 aromatic heterocycles. The smallest absolute Gasteiger partial charge is 0.183 e. The van der Waals surface area contributed by atoms with Gasteiger partial charge in [0.15, 0.2) is 5.13 Å². The van der Waals surface area contributed by atoms with Crippen LogP contribution >= 0.6 is 11.3 Å². The Bertz CT molecular complexity index is 950. The van der Waals surface area contributed by atoms with Crippen LogP contribution in [0.4, 0.5) is 5.13 Å². The van der Waals surface area contributed by atoms with Crippen molar-refractivity contribution < 1.29 is 4.74 Å². The zero-order chi connectivity index (χ0) is 17.6. The summed E-state index contributed by atoms with van der Waals surface area (Å²) in [5, 5.41) is 6.37. The molecule has 0 aliphatic rings. The molecule has 4 heteroatoms. The van der Waals surface area contributed by atoms with Gasteiger partial charge in [-0.1, -0.05) is 48.5 Å². The molecule has 0 unspecified atom stereocenters. The van der Waals surface area contributed by atoms with E-state index in [1.165, 1.54) is 5.56 Å². The predicted octanol–water partition coefficient (Wildman–Crippen LogP) is 6.21. The van der Waals surface area contributed by atoms with E-state index in [1.807, 2.05) is 72.8 Å². The summed E-state index contributed by atoms with van der Waals surface area (Å²) < 4.78 is 5.83. The van der Waals surface area contributed by atoms with Crippen LogP contribution in [0.3, 0.4) is 0 Å². The summed E-state index contributed by atoms with van der Waals surface area (Å²) in [4.78, 5) is 4.68. The topological polar surface area (TPSA) is 34.2 Å². The quantitative estimate of drug-likeness (QED) is 0.444. The summed E-state index contributed by atoms with van der Waals surface area (Å²) >= 11 is 1.62. The molecule has 3 aromatic carbocycles. The number of nitrogens with one attached hydrogen (secondary N) is 1. The molecule has 0 saturated heterocycles. The normalized spacial score (nSPS) is 10.5. The molecule has 0 radical (unpaired) electrons. The molecule has 128 valence electrons. The molecule has 0 saturated carbocycles. The van der Waals surface area contributed by atoms with E-state index in [1.54, 1.807) is 11.3 Å². The van der Waals surface area contributed by atoms with E-state index in [0.29, 0.717) is 0 Å². The van der Waals surface area contributed by atoms with Crippen molar-refractivity contribution in [1.82, 2.24) is 4.98 Å². The average Bonchev–Trinajstić information content (AvgIpc) is 3.18. The lowest BCUT2D eigenvalue weighted by molar-refractivity contribution is 0.483. The number of hydrogen-bond donors (Lipinski definition) is 1. The highest BCUT2D eigenvalue weighted by molar-refractivity contribution is 7.14. The number of ether oxygens (including phenoxy) is 1. The third kappa shape index (κ3) is 4.10. The van der Waals surface area contributed by atoms with Crippen molar-refractivity contribution in [1.29, 1.82) is 0 Å². The Morgan fingerprint density at radius 1 is 0.769 bits per heavy atom. The number of para-hydroxylation sites is 1. The van der Waals surface area contributed by atoms with Gasteiger partial charge in [-0.2, -0.15) is 0 Å². The molecule has 4 aromatic rings. The monoisotopic (exact) mass is 358 g/mol. The van der Waals surface area contributed by atoms with Gasteiger partial charge in [0.05, 0.1) is 5.69 Å². The number of anilines is 1. The summed E-state index contributed by atoms with van der Waals surface area (Å²) in [6.45, 7) is 0.775. The van der Waals surface area contributed by atoms with Crippen LogP contribution in [0.5, 0.6) is 11.5 Å². The minimum atomic E-state index is 0.775. The first kappa shape index (κ1) is 16.4. The summed E-state index contributed by atoms with van der Waals surface area (Å²) in [7, 11) is 0. The highest BCUT2D eigenvalue weighted by atomic mass is 32.1. The van der Waals surface area contributed by atoms with Gasteiger partial charge in [0.25, 0.3) is 0 Å². The summed E-state index contributed by atoms with van der Waals surface area (Å²) in [5.41, 5.74) is 3.29. The third-order valence-corrected chi connectivity index (χ3v) is 4.72. The summed E-state index contributed by atoms with van der Waals surface area (Å²) in [6, 6.07) is 28.1. The van der Waals surface area contributed by atoms with Crippen molar-refractivity contribution in [2.75, 3.05) is 5.32 Å². The minimum absolute atomic E-state index is 0.775. The molecule has 1 heterocycles. The first-order chi connectivity index (χ1) is 12.9. The Morgan fingerprint density at radius 3 is 2.15 bits per heavy atom. The van der Waals surface area contributed by atoms with E-state index < -0.39 is 0 Å². The van der Waals surface area contributed by atoms with Crippen LogP contribution in [0.2, 0.25) is 0 Å². The Balaban J connectivity index is 1.41. The molecule has 0 amide bonds. The maximum atomic E-state index is 5.83. The van der Waals surface area contributed by atoms with Crippen LogP contribution in [0, 0.1) is 0 Å². The standard InChI is InChI=1S/C22H18N2OS/c1-3-7-17(8-4-1)15-23-22-24-21(16-26-22)18-11-13-20(14-12-18)25-19-9-5-2-6-10-19/h1-14,16H,15H2,(H,23,24). The van der Waals surface area contributed by atoms with Crippen molar-refractivity contribution >= 4 is 16.5 Å². The Hall–Kier alpha value is -3.11. The van der Waals surface area contributed by atoms with Gasteiger partial charge < -0.3 is 10.1 Å². The molecule has 0 spiro atoms. The van der Waals surface area contributed by atoms with Gasteiger partial charge in [-0.3, -0.25) is 0 Å². The summed E-state index contributed by atoms with van der Waals surface area (Å²) in [6.07, 6.45) is 0. The number of hydrogen-bond acceptors (Lipinski definition) is 4. The molecule has 0 atom stereocenters. The lowest BCUT2D eigenvalue weighted by Gasteiger charge is -2.06. The fraction of sp³-hybridized carbons (Fsp3) is 0.0455. The molecule has 0 fully saturated rings. The minimum Gasteiger partial charge on any atom is -0.457 e.